The fourth-order valence-electron chi connectivity index (χ4n) is 3.54. The van der Waals surface area contributed by atoms with Gasteiger partial charge in [0.2, 0.25) is 0 Å². The fraction of sp³-hybridized carbons (Fsp3) is 0.381. The second kappa shape index (κ2) is 8.75. The molecule has 2 aromatic carbocycles. The van der Waals surface area contributed by atoms with Crippen LogP contribution in [0.5, 0.6) is 0 Å². The van der Waals surface area contributed by atoms with Gasteiger partial charge in [-0.1, -0.05) is 18.2 Å². The van der Waals surface area contributed by atoms with Crippen molar-refractivity contribution in [1.82, 2.24) is 9.80 Å². The highest BCUT2D eigenvalue weighted by Gasteiger charge is 2.32. The van der Waals surface area contributed by atoms with Crippen LogP contribution in [0, 0.1) is 24.4 Å². The third-order valence-electron chi connectivity index (χ3n) is 5.15. The van der Waals surface area contributed by atoms with Gasteiger partial charge in [0.1, 0.15) is 23.0 Å². The van der Waals surface area contributed by atoms with E-state index >= 15 is 0 Å². The molecule has 0 aliphatic carbocycles. The summed E-state index contributed by atoms with van der Waals surface area (Å²) in [5.41, 5.74) is 0.598. The van der Waals surface area contributed by atoms with Crippen LogP contribution in [-0.4, -0.2) is 53.1 Å². The molecular formula is C21H23F3N2O2. The SMILES string of the molecule is Cc1ccc(F)c(C(=O)N2CCN(Cc3ccc(F)cc3)[C@@H](CCO)C2)c1F. The van der Waals surface area contributed by atoms with Crippen molar-refractivity contribution < 1.29 is 23.1 Å². The molecule has 0 aromatic heterocycles. The van der Waals surface area contributed by atoms with Gasteiger partial charge in [-0.05, 0) is 42.7 Å². The number of piperazine rings is 1. The van der Waals surface area contributed by atoms with Crippen molar-refractivity contribution in [2.75, 3.05) is 26.2 Å². The Labute approximate surface area is 162 Å². The maximum absolute atomic E-state index is 14.3. The highest BCUT2D eigenvalue weighted by atomic mass is 19.1. The number of rotatable bonds is 5. The summed E-state index contributed by atoms with van der Waals surface area (Å²) in [6.07, 6.45) is 0.420. The minimum absolute atomic E-state index is 0.0697. The van der Waals surface area contributed by atoms with Crippen LogP contribution in [0.4, 0.5) is 13.2 Å². The van der Waals surface area contributed by atoms with E-state index in [1.54, 1.807) is 12.1 Å². The second-order valence-corrected chi connectivity index (χ2v) is 7.07. The van der Waals surface area contributed by atoms with Crippen LogP contribution in [0.2, 0.25) is 0 Å². The van der Waals surface area contributed by atoms with Gasteiger partial charge < -0.3 is 10.0 Å². The average Bonchev–Trinajstić information content (AvgIpc) is 2.68. The van der Waals surface area contributed by atoms with Crippen molar-refractivity contribution in [3.05, 3.63) is 70.5 Å². The number of aliphatic hydroxyl groups excluding tert-OH is 1. The molecule has 0 spiro atoms. The average molecular weight is 392 g/mol. The molecular weight excluding hydrogens is 369 g/mol. The molecule has 1 atom stereocenters. The monoisotopic (exact) mass is 392 g/mol. The maximum Gasteiger partial charge on any atom is 0.259 e. The van der Waals surface area contributed by atoms with Crippen LogP contribution < -0.4 is 0 Å². The van der Waals surface area contributed by atoms with Gasteiger partial charge in [0, 0.05) is 38.8 Å². The van der Waals surface area contributed by atoms with Crippen molar-refractivity contribution in [3.63, 3.8) is 0 Å². The summed E-state index contributed by atoms with van der Waals surface area (Å²) in [6.45, 7) is 3.02. The first-order chi connectivity index (χ1) is 13.4. The van der Waals surface area contributed by atoms with E-state index < -0.39 is 23.1 Å². The van der Waals surface area contributed by atoms with Gasteiger partial charge in [0.25, 0.3) is 5.91 Å². The van der Waals surface area contributed by atoms with Crippen molar-refractivity contribution in [3.8, 4) is 0 Å². The molecule has 1 N–H and O–H groups in total. The molecule has 3 rings (SSSR count). The van der Waals surface area contributed by atoms with E-state index in [4.69, 9.17) is 0 Å². The minimum Gasteiger partial charge on any atom is -0.396 e. The van der Waals surface area contributed by atoms with Gasteiger partial charge in [0.05, 0.1) is 0 Å². The van der Waals surface area contributed by atoms with Crippen molar-refractivity contribution >= 4 is 5.91 Å². The molecule has 0 bridgehead atoms. The topological polar surface area (TPSA) is 43.8 Å². The Morgan fingerprint density at radius 3 is 2.50 bits per heavy atom. The van der Waals surface area contributed by atoms with E-state index in [1.165, 1.54) is 30.0 Å². The standard InChI is InChI=1S/C21H23F3N2O2/c1-14-2-7-18(23)19(20(14)24)21(28)26-10-9-25(17(13-26)8-11-27)12-15-3-5-16(22)6-4-15/h2-7,17,27H,8-13H2,1H3/t17-/m0/s1. The Hall–Kier alpha value is -2.38. The van der Waals surface area contributed by atoms with Crippen LogP contribution >= 0.6 is 0 Å². The van der Waals surface area contributed by atoms with Crippen molar-refractivity contribution in [2.24, 2.45) is 0 Å². The van der Waals surface area contributed by atoms with Crippen LogP contribution in [0.1, 0.15) is 27.9 Å². The number of hydrogen-bond donors (Lipinski definition) is 1. The molecule has 1 heterocycles. The van der Waals surface area contributed by atoms with E-state index in [0.717, 1.165) is 11.6 Å². The van der Waals surface area contributed by atoms with E-state index in [1.807, 2.05) is 0 Å². The van der Waals surface area contributed by atoms with E-state index in [0.29, 0.717) is 26.1 Å². The summed E-state index contributed by atoms with van der Waals surface area (Å²) in [4.78, 5) is 16.3. The minimum atomic E-state index is -0.874. The molecule has 1 aliphatic rings. The predicted octanol–water partition coefficient (Wildman–Crippen LogP) is 3.12. The third-order valence-corrected chi connectivity index (χ3v) is 5.15. The lowest BCUT2D eigenvalue weighted by atomic mass is 10.0. The summed E-state index contributed by atoms with van der Waals surface area (Å²) in [5, 5.41) is 9.41. The molecule has 2 aromatic rings. The number of benzene rings is 2. The largest absolute Gasteiger partial charge is 0.396 e. The molecule has 4 nitrogen and oxygen atoms in total. The van der Waals surface area contributed by atoms with Gasteiger partial charge in [0.15, 0.2) is 0 Å². The zero-order chi connectivity index (χ0) is 20.3. The highest BCUT2D eigenvalue weighted by molar-refractivity contribution is 5.95. The van der Waals surface area contributed by atoms with Crippen molar-refractivity contribution in [1.29, 1.82) is 0 Å². The molecule has 1 amide bonds. The lowest BCUT2D eigenvalue weighted by molar-refractivity contribution is 0.0388. The summed E-state index contributed by atoms with van der Waals surface area (Å²) in [6, 6.07) is 8.40. The molecule has 0 unspecified atom stereocenters. The van der Waals surface area contributed by atoms with E-state index in [-0.39, 0.29) is 30.6 Å². The van der Waals surface area contributed by atoms with Crippen LogP contribution in [0.25, 0.3) is 0 Å². The number of carbonyl (C=O) groups excluding carboxylic acids is 1. The molecule has 150 valence electrons. The molecule has 1 saturated heterocycles. The van der Waals surface area contributed by atoms with Gasteiger partial charge in [-0.15, -0.1) is 0 Å². The number of aryl methyl sites for hydroxylation is 1. The Morgan fingerprint density at radius 2 is 1.82 bits per heavy atom. The first kappa shape index (κ1) is 20.4. The van der Waals surface area contributed by atoms with Crippen LogP contribution in [0.3, 0.4) is 0 Å². The summed E-state index contributed by atoms with van der Waals surface area (Å²) >= 11 is 0. The number of halogens is 3. The number of amides is 1. The lowest BCUT2D eigenvalue weighted by Gasteiger charge is -2.41. The van der Waals surface area contributed by atoms with E-state index in [9.17, 15) is 23.1 Å². The summed E-state index contributed by atoms with van der Waals surface area (Å²) in [5.74, 6) is -2.70. The van der Waals surface area contributed by atoms with Gasteiger partial charge in [-0.2, -0.15) is 0 Å². The highest BCUT2D eigenvalue weighted by Crippen LogP contribution is 2.22. The van der Waals surface area contributed by atoms with Crippen LogP contribution in [-0.2, 0) is 6.54 Å². The predicted molar refractivity (Wildman–Crippen MR) is 99.3 cm³/mol. The fourth-order valence-corrected chi connectivity index (χ4v) is 3.54. The lowest BCUT2D eigenvalue weighted by Crippen LogP contribution is -2.54. The third kappa shape index (κ3) is 4.36. The normalized spacial score (nSPS) is 17.8. The Morgan fingerprint density at radius 1 is 1.11 bits per heavy atom. The Bertz CT molecular complexity index is 842. The quantitative estimate of drug-likeness (QED) is 0.850. The van der Waals surface area contributed by atoms with E-state index in [2.05, 4.69) is 4.90 Å². The van der Waals surface area contributed by atoms with Gasteiger partial charge >= 0.3 is 0 Å². The summed E-state index contributed by atoms with van der Waals surface area (Å²) < 4.78 is 41.6. The number of hydrogen-bond acceptors (Lipinski definition) is 3. The van der Waals surface area contributed by atoms with Gasteiger partial charge in [-0.25, -0.2) is 13.2 Å². The zero-order valence-electron chi connectivity index (χ0n) is 15.7. The molecule has 1 aliphatic heterocycles. The number of carbonyl (C=O) groups is 1. The first-order valence-corrected chi connectivity index (χ1v) is 9.24. The number of aliphatic hydroxyl groups is 1. The Balaban J connectivity index is 1.76. The van der Waals surface area contributed by atoms with Crippen LogP contribution in [0.15, 0.2) is 36.4 Å². The maximum atomic E-state index is 14.3. The Kier molecular flexibility index (Phi) is 6.36. The molecule has 7 heteroatoms. The second-order valence-electron chi connectivity index (χ2n) is 7.07. The molecule has 1 fully saturated rings. The van der Waals surface area contributed by atoms with Gasteiger partial charge in [-0.3, -0.25) is 9.69 Å². The molecule has 28 heavy (non-hydrogen) atoms. The molecule has 0 saturated carbocycles. The van der Waals surface area contributed by atoms with Crippen molar-refractivity contribution in [2.45, 2.75) is 25.9 Å². The summed E-state index contributed by atoms with van der Waals surface area (Å²) in [7, 11) is 0. The molecule has 0 radical (unpaired) electrons. The smallest absolute Gasteiger partial charge is 0.259 e. The number of nitrogens with zero attached hydrogens (tertiary/aromatic N) is 2. The first-order valence-electron chi connectivity index (χ1n) is 9.24. The zero-order valence-corrected chi connectivity index (χ0v) is 15.7.